The Morgan fingerprint density at radius 1 is 1.53 bits per heavy atom. The second-order valence-electron chi connectivity index (χ2n) is 3.67. The summed E-state index contributed by atoms with van der Waals surface area (Å²) in [6, 6.07) is 4.59. The van der Waals surface area contributed by atoms with Crippen molar-refractivity contribution in [2.24, 2.45) is 5.92 Å². The van der Waals surface area contributed by atoms with Crippen LogP contribution in [-0.4, -0.2) is 17.3 Å². The lowest BCUT2D eigenvalue weighted by Gasteiger charge is -2.13. The number of nitro groups is 1. The normalized spacial score (nSPS) is 12.2. The van der Waals surface area contributed by atoms with Gasteiger partial charge in [0.15, 0.2) is 0 Å². The van der Waals surface area contributed by atoms with Crippen molar-refractivity contribution in [2.75, 3.05) is 12.4 Å². The van der Waals surface area contributed by atoms with Crippen LogP contribution < -0.4 is 4.74 Å². The standard InChI is InChI=1S/C11H14BrNO3S/c1-2-8(7-17)6-16-11-4-9(12)3-10(5-11)13(14)15/h3-5,8,17H,2,6-7H2,1H3. The van der Waals surface area contributed by atoms with Crippen LogP contribution in [-0.2, 0) is 0 Å². The summed E-state index contributed by atoms with van der Waals surface area (Å²) in [5, 5.41) is 10.7. The Balaban J connectivity index is 2.74. The molecule has 4 nitrogen and oxygen atoms in total. The van der Waals surface area contributed by atoms with E-state index in [9.17, 15) is 10.1 Å². The maximum absolute atomic E-state index is 10.7. The predicted octanol–water partition coefficient (Wildman–Crippen LogP) is 3.69. The van der Waals surface area contributed by atoms with Crippen LogP contribution in [0.15, 0.2) is 22.7 Å². The number of halogens is 1. The van der Waals surface area contributed by atoms with Gasteiger partial charge in [-0.15, -0.1) is 0 Å². The van der Waals surface area contributed by atoms with E-state index in [0.29, 0.717) is 22.7 Å². The molecule has 0 heterocycles. The minimum absolute atomic E-state index is 0.0216. The highest BCUT2D eigenvalue weighted by atomic mass is 79.9. The molecule has 6 heteroatoms. The Bertz CT molecular complexity index is 396. The van der Waals surface area contributed by atoms with Gasteiger partial charge in [0.25, 0.3) is 5.69 Å². The van der Waals surface area contributed by atoms with Crippen molar-refractivity contribution >= 4 is 34.2 Å². The molecule has 1 aromatic rings. The van der Waals surface area contributed by atoms with E-state index >= 15 is 0 Å². The molecule has 0 radical (unpaired) electrons. The van der Waals surface area contributed by atoms with Gasteiger partial charge in [0.2, 0.25) is 0 Å². The Morgan fingerprint density at radius 2 is 2.24 bits per heavy atom. The van der Waals surface area contributed by atoms with E-state index in [4.69, 9.17) is 4.74 Å². The molecule has 0 saturated carbocycles. The van der Waals surface area contributed by atoms with E-state index < -0.39 is 4.92 Å². The molecular formula is C11H14BrNO3S. The summed E-state index contributed by atoms with van der Waals surface area (Å²) < 4.78 is 6.18. The SMILES string of the molecule is CCC(CS)COc1cc(Br)cc([N+](=O)[O-])c1. The summed E-state index contributed by atoms with van der Waals surface area (Å²) in [5.74, 6) is 1.61. The van der Waals surface area contributed by atoms with Crippen LogP contribution in [0.4, 0.5) is 5.69 Å². The minimum atomic E-state index is -0.437. The van der Waals surface area contributed by atoms with Gasteiger partial charge in [-0.2, -0.15) is 12.6 Å². The smallest absolute Gasteiger partial charge is 0.274 e. The highest BCUT2D eigenvalue weighted by molar-refractivity contribution is 9.10. The predicted molar refractivity (Wildman–Crippen MR) is 73.9 cm³/mol. The van der Waals surface area contributed by atoms with Crippen LogP contribution in [0.25, 0.3) is 0 Å². The van der Waals surface area contributed by atoms with E-state index in [-0.39, 0.29) is 5.69 Å². The van der Waals surface area contributed by atoms with Gasteiger partial charge in [-0.05, 0) is 18.2 Å². The first-order chi connectivity index (χ1) is 8.06. The summed E-state index contributed by atoms with van der Waals surface area (Å²) in [6.07, 6.45) is 0.972. The number of thiol groups is 1. The molecular weight excluding hydrogens is 306 g/mol. The molecule has 94 valence electrons. The third kappa shape index (κ3) is 4.55. The van der Waals surface area contributed by atoms with E-state index in [1.165, 1.54) is 12.1 Å². The lowest BCUT2D eigenvalue weighted by Crippen LogP contribution is -2.12. The largest absolute Gasteiger partial charge is 0.493 e. The zero-order valence-corrected chi connectivity index (χ0v) is 11.9. The second-order valence-corrected chi connectivity index (χ2v) is 4.95. The first-order valence-electron chi connectivity index (χ1n) is 5.25. The Hall–Kier alpha value is -0.750. The van der Waals surface area contributed by atoms with Crippen molar-refractivity contribution in [2.45, 2.75) is 13.3 Å². The summed E-state index contributed by atoms with van der Waals surface area (Å²) in [7, 11) is 0. The molecule has 17 heavy (non-hydrogen) atoms. The van der Waals surface area contributed by atoms with Gasteiger partial charge in [-0.1, -0.05) is 22.9 Å². The zero-order valence-electron chi connectivity index (χ0n) is 9.43. The number of hydrogen-bond donors (Lipinski definition) is 1. The fourth-order valence-electron chi connectivity index (χ4n) is 1.25. The van der Waals surface area contributed by atoms with Crippen LogP contribution in [0.3, 0.4) is 0 Å². The van der Waals surface area contributed by atoms with Crippen LogP contribution in [0.1, 0.15) is 13.3 Å². The minimum Gasteiger partial charge on any atom is -0.493 e. The van der Waals surface area contributed by atoms with Crippen LogP contribution in [0.5, 0.6) is 5.75 Å². The lowest BCUT2D eigenvalue weighted by molar-refractivity contribution is -0.385. The van der Waals surface area contributed by atoms with Gasteiger partial charge in [0.05, 0.1) is 17.6 Å². The first-order valence-corrected chi connectivity index (χ1v) is 6.68. The van der Waals surface area contributed by atoms with Crippen molar-refractivity contribution < 1.29 is 9.66 Å². The monoisotopic (exact) mass is 319 g/mol. The lowest BCUT2D eigenvalue weighted by atomic mass is 10.1. The van der Waals surface area contributed by atoms with Gasteiger partial charge in [0.1, 0.15) is 5.75 Å². The van der Waals surface area contributed by atoms with Crippen molar-refractivity contribution in [3.63, 3.8) is 0 Å². The topological polar surface area (TPSA) is 52.4 Å². The number of hydrogen-bond acceptors (Lipinski definition) is 4. The molecule has 0 aliphatic rings. The fraction of sp³-hybridized carbons (Fsp3) is 0.455. The maximum Gasteiger partial charge on any atom is 0.274 e. The molecule has 0 bridgehead atoms. The molecule has 0 aromatic heterocycles. The highest BCUT2D eigenvalue weighted by Gasteiger charge is 2.11. The van der Waals surface area contributed by atoms with Gasteiger partial charge in [0, 0.05) is 16.5 Å². The van der Waals surface area contributed by atoms with Gasteiger partial charge >= 0.3 is 0 Å². The molecule has 1 atom stereocenters. The molecule has 0 saturated heterocycles. The number of benzene rings is 1. The molecule has 1 aromatic carbocycles. The molecule has 1 unspecified atom stereocenters. The average Bonchev–Trinajstić information content (AvgIpc) is 2.29. The first kappa shape index (κ1) is 14.3. The van der Waals surface area contributed by atoms with Crippen molar-refractivity contribution in [1.29, 1.82) is 0 Å². The molecule has 0 amide bonds. The number of non-ortho nitro benzene ring substituents is 1. The average molecular weight is 320 g/mol. The number of rotatable bonds is 6. The Kier molecular flexibility index (Phi) is 5.77. The molecule has 0 N–H and O–H groups in total. The summed E-state index contributed by atoms with van der Waals surface area (Å²) >= 11 is 7.44. The third-order valence-electron chi connectivity index (χ3n) is 2.39. The summed E-state index contributed by atoms with van der Waals surface area (Å²) in [4.78, 5) is 10.2. The van der Waals surface area contributed by atoms with E-state index in [2.05, 4.69) is 35.5 Å². The quantitative estimate of drug-likeness (QED) is 0.494. The van der Waals surface area contributed by atoms with Crippen LogP contribution in [0, 0.1) is 16.0 Å². The van der Waals surface area contributed by atoms with Crippen molar-refractivity contribution in [1.82, 2.24) is 0 Å². The zero-order chi connectivity index (χ0) is 12.8. The fourth-order valence-corrected chi connectivity index (χ4v) is 2.07. The number of nitrogens with zero attached hydrogens (tertiary/aromatic N) is 1. The number of nitro benzene ring substituents is 1. The van der Waals surface area contributed by atoms with Crippen molar-refractivity contribution in [3.05, 3.63) is 32.8 Å². The summed E-state index contributed by atoms with van der Waals surface area (Å²) in [5.41, 5.74) is 0.0216. The highest BCUT2D eigenvalue weighted by Crippen LogP contribution is 2.26. The Morgan fingerprint density at radius 3 is 2.76 bits per heavy atom. The Labute approximate surface area is 114 Å². The molecule has 1 rings (SSSR count). The van der Waals surface area contributed by atoms with Crippen molar-refractivity contribution in [3.8, 4) is 5.75 Å². The van der Waals surface area contributed by atoms with Gasteiger partial charge < -0.3 is 4.74 Å². The molecule has 0 aliphatic heterocycles. The van der Waals surface area contributed by atoms with E-state index in [0.717, 1.165) is 12.2 Å². The molecule has 0 fully saturated rings. The van der Waals surface area contributed by atoms with E-state index in [1.54, 1.807) is 6.07 Å². The van der Waals surface area contributed by atoms with Crippen LogP contribution in [0.2, 0.25) is 0 Å². The van der Waals surface area contributed by atoms with Crippen LogP contribution >= 0.6 is 28.6 Å². The molecule has 0 spiro atoms. The molecule has 0 aliphatic carbocycles. The van der Waals surface area contributed by atoms with Gasteiger partial charge in [-0.3, -0.25) is 10.1 Å². The summed E-state index contributed by atoms with van der Waals surface area (Å²) in [6.45, 7) is 2.58. The number of ether oxygens (including phenoxy) is 1. The second kappa shape index (κ2) is 6.86. The van der Waals surface area contributed by atoms with Gasteiger partial charge in [-0.25, -0.2) is 0 Å². The third-order valence-corrected chi connectivity index (χ3v) is 3.36. The maximum atomic E-state index is 10.7. The van der Waals surface area contributed by atoms with E-state index in [1.807, 2.05) is 0 Å².